The summed E-state index contributed by atoms with van der Waals surface area (Å²) in [6, 6.07) is 3.98. The van der Waals surface area contributed by atoms with Crippen LogP contribution in [0.2, 0.25) is 0 Å². The summed E-state index contributed by atoms with van der Waals surface area (Å²) >= 11 is 0. The normalized spacial score (nSPS) is 39.8. The average molecular weight is 328 g/mol. The summed E-state index contributed by atoms with van der Waals surface area (Å²) in [4.78, 5) is 17.1. The van der Waals surface area contributed by atoms with E-state index in [1.54, 1.807) is 12.4 Å². The van der Waals surface area contributed by atoms with Gasteiger partial charge in [0.15, 0.2) is 0 Å². The van der Waals surface area contributed by atoms with Gasteiger partial charge in [-0.25, -0.2) is 0 Å². The van der Waals surface area contributed by atoms with Crippen molar-refractivity contribution in [3.8, 4) is 0 Å². The quantitative estimate of drug-likeness (QED) is 0.874. The van der Waals surface area contributed by atoms with Gasteiger partial charge in [0.2, 0.25) is 5.91 Å². The van der Waals surface area contributed by atoms with Gasteiger partial charge in [0, 0.05) is 18.9 Å². The summed E-state index contributed by atoms with van der Waals surface area (Å²) < 4.78 is 0. The molecule has 0 saturated heterocycles. The number of hydrogen-bond acceptors (Lipinski definition) is 3. The van der Waals surface area contributed by atoms with Gasteiger partial charge in [0.25, 0.3) is 0 Å². The maximum atomic E-state index is 13.1. The number of amides is 1. The lowest BCUT2D eigenvalue weighted by Crippen LogP contribution is -2.63. The van der Waals surface area contributed by atoms with Crippen LogP contribution in [0.1, 0.15) is 57.4 Å². The molecule has 4 heteroatoms. The van der Waals surface area contributed by atoms with E-state index in [-0.39, 0.29) is 16.7 Å². The molecule has 4 nitrogen and oxygen atoms in total. The van der Waals surface area contributed by atoms with Crippen molar-refractivity contribution in [1.82, 2.24) is 10.3 Å². The van der Waals surface area contributed by atoms with Crippen LogP contribution >= 0.6 is 0 Å². The highest BCUT2D eigenvalue weighted by Crippen LogP contribution is 2.67. The molecular formula is C20H28N2O2. The van der Waals surface area contributed by atoms with Crippen LogP contribution in [0.15, 0.2) is 24.5 Å². The molecule has 24 heavy (non-hydrogen) atoms. The van der Waals surface area contributed by atoms with E-state index < -0.39 is 5.60 Å². The Morgan fingerprint density at radius 3 is 2.75 bits per heavy atom. The van der Waals surface area contributed by atoms with Gasteiger partial charge in [-0.1, -0.05) is 13.3 Å². The fourth-order valence-corrected chi connectivity index (χ4v) is 6.29. The number of aromatic nitrogens is 1. The first kappa shape index (κ1) is 16.1. The fraction of sp³-hybridized carbons (Fsp3) is 0.700. The first-order chi connectivity index (χ1) is 11.5. The monoisotopic (exact) mass is 328 g/mol. The molecule has 130 valence electrons. The maximum absolute atomic E-state index is 13.1. The minimum absolute atomic E-state index is 0.178. The lowest BCUT2D eigenvalue weighted by molar-refractivity contribution is -0.204. The Balaban J connectivity index is 1.46. The lowest BCUT2D eigenvalue weighted by Gasteiger charge is -2.64. The lowest BCUT2D eigenvalue weighted by atomic mass is 9.42. The molecular weight excluding hydrogens is 300 g/mol. The Bertz CT molecular complexity index is 634. The number of aliphatic hydroxyl groups is 1. The number of carbonyl (C=O) groups excluding carboxylic acids is 1. The summed E-state index contributed by atoms with van der Waals surface area (Å²) in [5.74, 6) is 0.703. The van der Waals surface area contributed by atoms with Gasteiger partial charge >= 0.3 is 0 Å². The molecule has 4 aliphatic rings. The highest BCUT2D eigenvalue weighted by atomic mass is 16.3. The molecule has 0 spiro atoms. The van der Waals surface area contributed by atoms with E-state index >= 15 is 0 Å². The Labute approximate surface area is 144 Å². The second kappa shape index (κ2) is 5.55. The predicted octanol–water partition coefficient (Wildman–Crippen LogP) is 2.85. The molecule has 1 heterocycles. The van der Waals surface area contributed by atoms with Crippen LogP contribution in [0.4, 0.5) is 0 Å². The van der Waals surface area contributed by atoms with Gasteiger partial charge < -0.3 is 10.4 Å². The van der Waals surface area contributed by atoms with Gasteiger partial charge in [-0.2, -0.15) is 0 Å². The molecule has 4 fully saturated rings. The minimum atomic E-state index is -0.599. The summed E-state index contributed by atoms with van der Waals surface area (Å²) in [5.41, 5.74) is 0.455. The van der Waals surface area contributed by atoms with Crippen molar-refractivity contribution in [2.24, 2.45) is 16.7 Å². The SMILES string of the molecule is CCC12CC3CC(O)(C1)CC(C(=O)NCCc1ccncc1)(C3)C2. The number of nitrogens with zero attached hydrogens (tertiary/aromatic N) is 1. The molecule has 1 aromatic heterocycles. The van der Waals surface area contributed by atoms with Gasteiger partial charge in [-0.3, -0.25) is 9.78 Å². The summed E-state index contributed by atoms with van der Waals surface area (Å²) in [5, 5.41) is 14.2. The zero-order valence-electron chi connectivity index (χ0n) is 14.6. The van der Waals surface area contributed by atoms with Crippen molar-refractivity contribution < 1.29 is 9.90 Å². The Morgan fingerprint density at radius 1 is 1.25 bits per heavy atom. The van der Waals surface area contributed by atoms with Crippen molar-refractivity contribution in [3.63, 3.8) is 0 Å². The second-order valence-electron chi connectivity index (χ2n) is 8.73. The molecule has 4 unspecified atom stereocenters. The molecule has 0 radical (unpaired) electrons. The highest BCUT2D eigenvalue weighted by molar-refractivity contribution is 5.83. The molecule has 1 aromatic rings. The van der Waals surface area contributed by atoms with E-state index in [1.807, 2.05) is 12.1 Å². The highest BCUT2D eigenvalue weighted by Gasteiger charge is 2.64. The molecule has 0 aromatic carbocycles. The van der Waals surface area contributed by atoms with Gasteiger partial charge in [-0.05, 0) is 74.0 Å². The molecule has 0 aliphatic heterocycles. The first-order valence-electron chi connectivity index (χ1n) is 9.36. The van der Waals surface area contributed by atoms with Crippen molar-refractivity contribution in [2.75, 3.05) is 6.54 Å². The number of nitrogens with one attached hydrogen (secondary N) is 1. The maximum Gasteiger partial charge on any atom is 0.226 e. The van der Waals surface area contributed by atoms with Crippen molar-refractivity contribution in [3.05, 3.63) is 30.1 Å². The average Bonchev–Trinajstić information content (AvgIpc) is 2.53. The van der Waals surface area contributed by atoms with E-state index in [9.17, 15) is 9.90 Å². The first-order valence-corrected chi connectivity index (χ1v) is 9.36. The topological polar surface area (TPSA) is 62.2 Å². The largest absolute Gasteiger partial charge is 0.390 e. The Kier molecular flexibility index (Phi) is 3.72. The predicted molar refractivity (Wildman–Crippen MR) is 92.2 cm³/mol. The fourth-order valence-electron chi connectivity index (χ4n) is 6.29. The molecule has 4 atom stereocenters. The van der Waals surface area contributed by atoms with Crippen LogP contribution in [0, 0.1) is 16.7 Å². The Hall–Kier alpha value is -1.42. The van der Waals surface area contributed by atoms with Gasteiger partial charge in [0.05, 0.1) is 11.0 Å². The van der Waals surface area contributed by atoms with Gasteiger partial charge in [-0.15, -0.1) is 0 Å². The number of rotatable bonds is 5. The number of pyridine rings is 1. The van der Waals surface area contributed by atoms with Crippen molar-refractivity contribution in [2.45, 2.75) is 63.9 Å². The van der Waals surface area contributed by atoms with E-state index in [2.05, 4.69) is 17.2 Å². The van der Waals surface area contributed by atoms with Crippen LogP contribution in [-0.2, 0) is 11.2 Å². The third-order valence-electron chi connectivity index (χ3n) is 6.83. The molecule has 1 amide bonds. The molecule has 4 aliphatic carbocycles. The summed E-state index contributed by atoms with van der Waals surface area (Å²) in [6.45, 7) is 2.89. The smallest absolute Gasteiger partial charge is 0.226 e. The van der Waals surface area contributed by atoms with Crippen molar-refractivity contribution in [1.29, 1.82) is 0 Å². The van der Waals surface area contributed by atoms with E-state index in [1.165, 1.54) is 12.0 Å². The third-order valence-corrected chi connectivity index (χ3v) is 6.83. The zero-order chi connectivity index (χ0) is 16.8. The van der Waals surface area contributed by atoms with E-state index in [0.717, 1.165) is 38.5 Å². The third kappa shape index (κ3) is 2.65. The summed E-state index contributed by atoms with van der Waals surface area (Å²) in [6.07, 6.45) is 11.1. The van der Waals surface area contributed by atoms with Crippen molar-refractivity contribution >= 4 is 5.91 Å². The zero-order valence-corrected chi connectivity index (χ0v) is 14.6. The molecule has 5 rings (SSSR count). The molecule has 2 N–H and O–H groups in total. The Morgan fingerprint density at radius 2 is 2.04 bits per heavy atom. The summed E-state index contributed by atoms with van der Waals surface area (Å²) in [7, 11) is 0. The van der Waals surface area contributed by atoms with Crippen LogP contribution in [-0.4, -0.2) is 28.1 Å². The number of carbonyl (C=O) groups is 1. The molecule has 4 bridgehead atoms. The second-order valence-corrected chi connectivity index (χ2v) is 8.73. The van der Waals surface area contributed by atoms with E-state index in [0.29, 0.717) is 18.9 Å². The van der Waals surface area contributed by atoms with Gasteiger partial charge in [0.1, 0.15) is 0 Å². The van der Waals surface area contributed by atoms with E-state index in [4.69, 9.17) is 0 Å². The minimum Gasteiger partial charge on any atom is -0.390 e. The number of hydrogen-bond donors (Lipinski definition) is 2. The van der Waals surface area contributed by atoms with Crippen LogP contribution in [0.25, 0.3) is 0 Å². The standard InChI is InChI=1S/C20H28N2O2/c1-2-18-9-16-10-19(12-18,14-20(24,11-16)13-18)17(23)22-8-5-15-3-6-21-7-4-15/h3-4,6-7,16,24H,2,5,8-14H2,1H3,(H,22,23). The molecule has 4 saturated carbocycles. The van der Waals surface area contributed by atoms with Crippen LogP contribution in [0.5, 0.6) is 0 Å². The van der Waals surface area contributed by atoms with Crippen LogP contribution in [0.3, 0.4) is 0 Å². The van der Waals surface area contributed by atoms with Crippen LogP contribution < -0.4 is 5.32 Å².